The third-order valence-corrected chi connectivity index (χ3v) is 4.53. The van der Waals surface area contributed by atoms with Crippen molar-refractivity contribution in [1.82, 2.24) is 10.6 Å². The second-order valence-corrected chi connectivity index (χ2v) is 6.40. The maximum atomic E-state index is 12.0. The number of nitrogens with one attached hydrogen (secondary N) is 2. The summed E-state index contributed by atoms with van der Waals surface area (Å²) in [5, 5.41) is 6.60. The highest BCUT2D eigenvalue weighted by atomic mass is 16.1. The number of hydrogen-bond donors (Lipinski definition) is 2. The van der Waals surface area contributed by atoms with Crippen LogP contribution < -0.4 is 10.6 Å². The zero-order valence-corrected chi connectivity index (χ0v) is 11.2. The molecule has 0 radical (unpaired) electrons. The van der Waals surface area contributed by atoms with Crippen LogP contribution in [0.5, 0.6) is 0 Å². The molecule has 2 fully saturated rings. The van der Waals surface area contributed by atoms with E-state index in [9.17, 15) is 4.79 Å². The van der Waals surface area contributed by atoms with Crippen molar-refractivity contribution in [3.8, 4) is 0 Å². The number of carbonyl (C=O) groups excluding carboxylic acids is 1. The molecule has 2 aliphatic rings. The average molecular weight is 238 g/mol. The van der Waals surface area contributed by atoms with Gasteiger partial charge < -0.3 is 10.6 Å². The van der Waals surface area contributed by atoms with Gasteiger partial charge in [-0.1, -0.05) is 20.3 Å². The Kier molecular flexibility index (Phi) is 4.08. The van der Waals surface area contributed by atoms with Crippen LogP contribution in [-0.2, 0) is 4.79 Å². The molecule has 0 aromatic heterocycles. The first-order valence-corrected chi connectivity index (χ1v) is 7.08. The molecule has 1 heterocycles. The lowest BCUT2D eigenvalue weighted by Crippen LogP contribution is -2.42. The van der Waals surface area contributed by atoms with E-state index in [0.717, 1.165) is 38.8 Å². The molecule has 17 heavy (non-hydrogen) atoms. The lowest BCUT2D eigenvalue weighted by atomic mass is 9.87. The zero-order valence-electron chi connectivity index (χ0n) is 11.2. The molecule has 1 atom stereocenters. The van der Waals surface area contributed by atoms with Crippen LogP contribution in [0, 0.1) is 11.3 Å². The van der Waals surface area contributed by atoms with E-state index in [0.29, 0.717) is 17.4 Å². The molecule has 1 aliphatic heterocycles. The third-order valence-electron chi connectivity index (χ3n) is 4.53. The van der Waals surface area contributed by atoms with Gasteiger partial charge in [0, 0.05) is 12.5 Å². The van der Waals surface area contributed by atoms with Crippen molar-refractivity contribution in [2.75, 3.05) is 13.1 Å². The van der Waals surface area contributed by atoms with Crippen LogP contribution in [0.2, 0.25) is 0 Å². The van der Waals surface area contributed by atoms with Gasteiger partial charge in [-0.15, -0.1) is 0 Å². The molecule has 2 rings (SSSR count). The SMILES string of the molecule is CC1(C)CCCC1NC(=O)CC1CCNCC1. The van der Waals surface area contributed by atoms with Gasteiger partial charge in [-0.3, -0.25) is 4.79 Å². The van der Waals surface area contributed by atoms with Gasteiger partial charge in [0.15, 0.2) is 0 Å². The van der Waals surface area contributed by atoms with Crippen molar-refractivity contribution in [3.05, 3.63) is 0 Å². The Bertz CT molecular complexity index is 269. The van der Waals surface area contributed by atoms with Crippen LogP contribution in [-0.4, -0.2) is 25.0 Å². The van der Waals surface area contributed by atoms with Crippen LogP contribution >= 0.6 is 0 Å². The van der Waals surface area contributed by atoms with Crippen LogP contribution in [0.25, 0.3) is 0 Å². The Morgan fingerprint density at radius 2 is 2.00 bits per heavy atom. The second-order valence-electron chi connectivity index (χ2n) is 6.40. The van der Waals surface area contributed by atoms with Crippen molar-refractivity contribution in [1.29, 1.82) is 0 Å². The molecule has 0 aromatic rings. The van der Waals surface area contributed by atoms with E-state index in [-0.39, 0.29) is 5.91 Å². The lowest BCUT2D eigenvalue weighted by Gasteiger charge is -2.29. The maximum Gasteiger partial charge on any atom is 0.220 e. The van der Waals surface area contributed by atoms with E-state index < -0.39 is 0 Å². The Labute approximate surface area is 105 Å². The summed E-state index contributed by atoms with van der Waals surface area (Å²) in [5.41, 5.74) is 0.295. The number of carbonyl (C=O) groups is 1. The second kappa shape index (κ2) is 5.38. The monoisotopic (exact) mass is 238 g/mol. The molecule has 2 N–H and O–H groups in total. The van der Waals surface area contributed by atoms with Gasteiger partial charge in [0.25, 0.3) is 0 Å². The normalized spacial score (nSPS) is 29.2. The molecular weight excluding hydrogens is 212 g/mol. The fraction of sp³-hybridized carbons (Fsp3) is 0.929. The predicted octanol–water partition coefficient (Wildman–Crippen LogP) is 2.07. The maximum absolute atomic E-state index is 12.0. The largest absolute Gasteiger partial charge is 0.353 e. The number of rotatable bonds is 3. The zero-order chi connectivity index (χ0) is 12.3. The molecule has 3 heteroatoms. The Balaban J connectivity index is 1.76. The van der Waals surface area contributed by atoms with E-state index in [1.807, 2.05) is 0 Å². The van der Waals surface area contributed by atoms with Crippen LogP contribution in [0.1, 0.15) is 52.4 Å². The smallest absolute Gasteiger partial charge is 0.220 e. The van der Waals surface area contributed by atoms with Gasteiger partial charge in [-0.25, -0.2) is 0 Å². The summed E-state index contributed by atoms with van der Waals surface area (Å²) in [6.45, 7) is 6.70. The van der Waals surface area contributed by atoms with E-state index in [2.05, 4.69) is 24.5 Å². The highest BCUT2D eigenvalue weighted by Gasteiger charge is 2.35. The highest BCUT2D eigenvalue weighted by molar-refractivity contribution is 5.76. The summed E-state index contributed by atoms with van der Waals surface area (Å²) in [6.07, 6.45) is 6.69. The van der Waals surface area contributed by atoms with Gasteiger partial charge >= 0.3 is 0 Å². The van der Waals surface area contributed by atoms with Crippen molar-refractivity contribution < 1.29 is 4.79 Å². The highest BCUT2D eigenvalue weighted by Crippen LogP contribution is 2.37. The summed E-state index contributed by atoms with van der Waals surface area (Å²) in [6, 6.07) is 0.400. The van der Waals surface area contributed by atoms with Gasteiger partial charge in [0.1, 0.15) is 0 Å². The topological polar surface area (TPSA) is 41.1 Å². The first-order valence-electron chi connectivity index (χ1n) is 7.08. The average Bonchev–Trinajstić information content (AvgIpc) is 2.59. The summed E-state index contributed by atoms with van der Waals surface area (Å²) in [7, 11) is 0. The fourth-order valence-corrected chi connectivity index (χ4v) is 3.20. The summed E-state index contributed by atoms with van der Waals surface area (Å²) in [4.78, 5) is 12.0. The first kappa shape index (κ1) is 12.9. The Hall–Kier alpha value is -0.570. The standard InChI is InChI=1S/C14H26N2O/c1-14(2)7-3-4-12(14)16-13(17)10-11-5-8-15-9-6-11/h11-12,15H,3-10H2,1-2H3,(H,16,17). The van der Waals surface area contributed by atoms with E-state index in [1.54, 1.807) is 0 Å². The predicted molar refractivity (Wildman–Crippen MR) is 69.8 cm³/mol. The first-order chi connectivity index (χ1) is 8.08. The molecular formula is C14H26N2O. The minimum Gasteiger partial charge on any atom is -0.353 e. The van der Waals surface area contributed by atoms with Crippen molar-refractivity contribution in [3.63, 3.8) is 0 Å². The quantitative estimate of drug-likeness (QED) is 0.790. The molecule has 98 valence electrons. The number of amides is 1. The molecule has 1 aliphatic carbocycles. The van der Waals surface area contributed by atoms with Gasteiger partial charge in [0.2, 0.25) is 5.91 Å². The summed E-state index contributed by atoms with van der Waals surface area (Å²) >= 11 is 0. The minimum atomic E-state index is 0.275. The van der Waals surface area contributed by atoms with Crippen LogP contribution in [0.15, 0.2) is 0 Å². The van der Waals surface area contributed by atoms with E-state index in [4.69, 9.17) is 0 Å². The van der Waals surface area contributed by atoms with Crippen molar-refractivity contribution in [2.45, 2.75) is 58.4 Å². The van der Waals surface area contributed by atoms with Crippen molar-refractivity contribution >= 4 is 5.91 Å². The minimum absolute atomic E-state index is 0.275. The molecule has 1 unspecified atom stereocenters. The third kappa shape index (κ3) is 3.44. The molecule has 1 amide bonds. The Morgan fingerprint density at radius 1 is 1.29 bits per heavy atom. The number of piperidine rings is 1. The lowest BCUT2D eigenvalue weighted by molar-refractivity contribution is -0.123. The van der Waals surface area contributed by atoms with Gasteiger partial charge in [-0.2, -0.15) is 0 Å². The van der Waals surface area contributed by atoms with Crippen LogP contribution in [0.4, 0.5) is 0 Å². The molecule has 0 bridgehead atoms. The van der Waals surface area contributed by atoms with E-state index >= 15 is 0 Å². The summed E-state index contributed by atoms with van der Waals surface area (Å²) in [5.74, 6) is 0.873. The molecule has 3 nitrogen and oxygen atoms in total. The van der Waals surface area contributed by atoms with Gasteiger partial charge in [0.05, 0.1) is 0 Å². The Morgan fingerprint density at radius 3 is 2.59 bits per heavy atom. The molecule has 1 saturated carbocycles. The van der Waals surface area contributed by atoms with Crippen molar-refractivity contribution in [2.24, 2.45) is 11.3 Å². The number of hydrogen-bond acceptors (Lipinski definition) is 2. The summed E-state index contributed by atoms with van der Waals surface area (Å²) < 4.78 is 0. The molecule has 1 saturated heterocycles. The van der Waals surface area contributed by atoms with Crippen LogP contribution in [0.3, 0.4) is 0 Å². The molecule has 0 spiro atoms. The van der Waals surface area contributed by atoms with E-state index in [1.165, 1.54) is 12.8 Å². The van der Waals surface area contributed by atoms with Gasteiger partial charge in [-0.05, 0) is 50.1 Å². The fourth-order valence-electron chi connectivity index (χ4n) is 3.20. The molecule has 0 aromatic carbocycles.